The number of carbonyl (C=O) groups is 1. The lowest BCUT2D eigenvalue weighted by Crippen LogP contribution is -2.40. The molecule has 10 heteroatoms. The summed E-state index contributed by atoms with van der Waals surface area (Å²) in [5.41, 5.74) is 5.65. The fraction of sp³-hybridized carbons (Fsp3) is 0.333. The highest BCUT2D eigenvalue weighted by Gasteiger charge is 2.32. The molecule has 0 unspecified atom stereocenters. The minimum Gasteiger partial charge on any atom is -0.444 e. The first-order valence-corrected chi connectivity index (χ1v) is 13.4. The molecule has 0 atom stereocenters. The van der Waals surface area contributed by atoms with Crippen molar-refractivity contribution in [3.05, 3.63) is 87.9 Å². The van der Waals surface area contributed by atoms with Crippen LogP contribution in [0, 0.1) is 13.8 Å². The first kappa shape index (κ1) is 25.7. The molecule has 206 valence electrons. The van der Waals surface area contributed by atoms with E-state index in [1.54, 1.807) is 37.3 Å². The van der Waals surface area contributed by atoms with Crippen molar-refractivity contribution >= 4 is 17.0 Å². The standard InChI is InChI=1S/C30H33N7O3/c1-19-13-20(2)15-23(14-19)37-27(24-18-34(10-9-25(24)32-37)29(39)40-30(3,4)5)36-12-11-35(28(36)38)22-7-8-26-21(16-22)17-31-33(26)6/h7-8,11-17H,9-10,18H2,1-6H3. The van der Waals surface area contributed by atoms with Crippen LogP contribution in [0.15, 0.2) is 59.8 Å². The Morgan fingerprint density at radius 1 is 0.975 bits per heavy atom. The average molecular weight is 540 g/mol. The number of carbonyl (C=O) groups excluding carboxylic acids is 1. The normalized spacial score (nSPS) is 13.6. The topological polar surface area (TPSA) is 92.1 Å². The Balaban J connectivity index is 1.49. The zero-order chi connectivity index (χ0) is 28.3. The third kappa shape index (κ3) is 4.49. The fourth-order valence-electron chi connectivity index (χ4n) is 5.38. The number of hydrogen-bond donors (Lipinski definition) is 0. The van der Waals surface area contributed by atoms with E-state index < -0.39 is 5.60 Å². The van der Waals surface area contributed by atoms with Crippen LogP contribution in [0.4, 0.5) is 4.79 Å². The molecule has 0 bridgehead atoms. The van der Waals surface area contributed by atoms with Gasteiger partial charge in [-0.25, -0.2) is 14.3 Å². The maximum atomic E-state index is 14.0. The number of fused-ring (bicyclic) bond motifs is 2. The second-order valence-corrected chi connectivity index (χ2v) is 11.5. The van der Waals surface area contributed by atoms with Crippen LogP contribution >= 0.6 is 0 Å². The number of benzene rings is 2. The van der Waals surface area contributed by atoms with Gasteiger partial charge in [-0.1, -0.05) is 6.07 Å². The maximum Gasteiger partial charge on any atom is 0.410 e. The average Bonchev–Trinajstić information content (AvgIpc) is 3.56. The largest absolute Gasteiger partial charge is 0.444 e. The van der Waals surface area contributed by atoms with Gasteiger partial charge in [0.05, 0.1) is 35.3 Å². The molecule has 1 amide bonds. The van der Waals surface area contributed by atoms with Gasteiger partial charge in [0.2, 0.25) is 0 Å². The van der Waals surface area contributed by atoms with Gasteiger partial charge in [0.25, 0.3) is 0 Å². The summed E-state index contributed by atoms with van der Waals surface area (Å²) >= 11 is 0. The van der Waals surface area contributed by atoms with E-state index in [2.05, 4.69) is 23.3 Å². The fourth-order valence-corrected chi connectivity index (χ4v) is 5.38. The summed E-state index contributed by atoms with van der Waals surface area (Å²) in [5, 5.41) is 10.2. The highest BCUT2D eigenvalue weighted by molar-refractivity contribution is 5.80. The van der Waals surface area contributed by atoms with Crippen molar-refractivity contribution in [2.45, 2.75) is 53.2 Å². The summed E-state index contributed by atoms with van der Waals surface area (Å²) in [4.78, 5) is 28.7. The van der Waals surface area contributed by atoms with E-state index in [-0.39, 0.29) is 11.8 Å². The van der Waals surface area contributed by atoms with Crippen LogP contribution in [-0.2, 0) is 24.8 Å². The van der Waals surface area contributed by atoms with Gasteiger partial charge in [-0.05, 0) is 76.1 Å². The Morgan fingerprint density at radius 2 is 1.70 bits per heavy atom. The number of aromatic nitrogens is 6. The Labute approximate surface area is 232 Å². The van der Waals surface area contributed by atoms with Crippen LogP contribution in [0.3, 0.4) is 0 Å². The number of ether oxygens (including phenoxy) is 1. The van der Waals surface area contributed by atoms with Crippen molar-refractivity contribution in [1.29, 1.82) is 0 Å². The first-order chi connectivity index (χ1) is 19.0. The van der Waals surface area contributed by atoms with Crippen molar-refractivity contribution in [2.75, 3.05) is 6.54 Å². The third-order valence-corrected chi connectivity index (χ3v) is 7.12. The van der Waals surface area contributed by atoms with Gasteiger partial charge in [0.15, 0.2) is 0 Å². The summed E-state index contributed by atoms with van der Waals surface area (Å²) in [6.07, 6.45) is 5.50. The van der Waals surface area contributed by atoms with E-state index in [1.807, 2.05) is 64.5 Å². The van der Waals surface area contributed by atoms with Crippen molar-refractivity contribution in [2.24, 2.45) is 7.05 Å². The molecule has 1 aliphatic heterocycles. The van der Waals surface area contributed by atoms with Crippen molar-refractivity contribution in [3.8, 4) is 17.2 Å². The molecule has 10 nitrogen and oxygen atoms in total. The molecular weight excluding hydrogens is 506 g/mol. The highest BCUT2D eigenvalue weighted by atomic mass is 16.6. The first-order valence-electron chi connectivity index (χ1n) is 13.4. The van der Waals surface area contributed by atoms with Crippen molar-refractivity contribution < 1.29 is 9.53 Å². The van der Waals surface area contributed by atoms with Crippen LogP contribution in [0.25, 0.3) is 28.1 Å². The number of rotatable bonds is 3. The maximum absolute atomic E-state index is 14.0. The number of amides is 1. The van der Waals surface area contributed by atoms with Crippen LogP contribution in [0.5, 0.6) is 0 Å². The van der Waals surface area contributed by atoms with Crippen molar-refractivity contribution in [1.82, 2.24) is 33.6 Å². The zero-order valence-electron chi connectivity index (χ0n) is 23.7. The van der Waals surface area contributed by atoms with Gasteiger partial charge >= 0.3 is 11.8 Å². The second-order valence-electron chi connectivity index (χ2n) is 11.5. The SMILES string of the molecule is Cc1cc(C)cc(-n2nc3c(c2-n2ccn(-c4ccc5c(cnn5C)c4)c2=O)CN(C(=O)OC(C)(C)C)CC3)c1. The van der Waals surface area contributed by atoms with Gasteiger partial charge in [-0.3, -0.25) is 13.8 Å². The minimum absolute atomic E-state index is 0.231. The molecule has 1 aliphatic rings. The van der Waals surface area contributed by atoms with E-state index in [0.29, 0.717) is 25.3 Å². The Kier molecular flexibility index (Phi) is 5.94. The summed E-state index contributed by atoms with van der Waals surface area (Å²) < 4.78 is 12.5. The smallest absolute Gasteiger partial charge is 0.410 e. The molecular formula is C30H33N7O3. The Hall–Kier alpha value is -4.60. The molecule has 2 aromatic carbocycles. The number of nitrogens with zero attached hydrogens (tertiary/aromatic N) is 7. The monoisotopic (exact) mass is 539 g/mol. The summed E-state index contributed by atoms with van der Waals surface area (Å²) in [7, 11) is 1.89. The van der Waals surface area contributed by atoms with E-state index >= 15 is 0 Å². The third-order valence-electron chi connectivity index (χ3n) is 7.12. The summed E-state index contributed by atoms with van der Waals surface area (Å²) in [6, 6.07) is 12.0. The number of aryl methyl sites for hydroxylation is 3. The lowest BCUT2D eigenvalue weighted by atomic mass is 10.1. The minimum atomic E-state index is -0.604. The Bertz CT molecular complexity index is 1810. The van der Waals surface area contributed by atoms with Gasteiger partial charge in [-0.2, -0.15) is 10.2 Å². The van der Waals surface area contributed by atoms with Gasteiger partial charge < -0.3 is 9.64 Å². The van der Waals surface area contributed by atoms with Gasteiger partial charge in [-0.15, -0.1) is 0 Å². The number of hydrogen-bond acceptors (Lipinski definition) is 5. The van der Waals surface area contributed by atoms with E-state index in [9.17, 15) is 9.59 Å². The molecule has 0 radical (unpaired) electrons. The lowest BCUT2D eigenvalue weighted by molar-refractivity contribution is 0.0223. The lowest BCUT2D eigenvalue weighted by Gasteiger charge is -2.29. The molecule has 0 spiro atoms. The van der Waals surface area contributed by atoms with Crippen LogP contribution in [0.1, 0.15) is 43.2 Å². The number of imidazole rings is 1. The van der Waals surface area contributed by atoms with Gasteiger partial charge in [0.1, 0.15) is 11.4 Å². The highest BCUT2D eigenvalue weighted by Crippen LogP contribution is 2.29. The second kappa shape index (κ2) is 9.25. The van der Waals surface area contributed by atoms with Crippen LogP contribution in [0.2, 0.25) is 0 Å². The predicted molar refractivity (Wildman–Crippen MR) is 153 cm³/mol. The Morgan fingerprint density at radius 3 is 2.42 bits per heavy atom. The molecule has 40 heavy (non-hydrogen) atoms. The molecule has 0 aliphatic carbocycles. The van der Waals surface area contributed by atoms with E-state index in [4.69, 9.17) is 9.84 Å². The quantitative estimate of drug-likeness (QED) is 0.334. The summed E-state index contributed by atoms with van der Waals surface area (Å²) in [5.74, 6) is 0.625. The summed E-state index contributed by atoms with van der Waals surface area (Å²) in [6.45, 7) is 10.4. The molecule has 5 aromatic rings. The molecule has 3 aromatic heterocycles. The molecule has 4 heterocycles. The van der Waals surface area contributed by atoms with Gasteiger partial charge in [0, 0.05) is 43.4 Å². The zero-order valence-corrected chi connectivity index (χ0v) is 23.7. The molecule has 6 rings (SSSR count). The van der Waals surface area contributed by atoms with E-state index in [1.165, 1.54) is 0 Å². The van der Waals surface area contributed by atoms with Crippen LogP contribution in [-0.4, -0.2) is 51.8 Å². The molecule has 0 N–H and O–H groups in total. The molecule has 0 saturated carbocycles. The predicted octanol–water partition coefficient (Wildman–Crippen LogP) is 4.61. The van der Waals surface area contributed by atoms with Crippen LogP contribution < -0.4 is 5.69 Å². The van der Waals surface area contributed by atoms with Crippen molar-refractivity contribution in [3.63, 3.8) is 0 Å². The molecule has 0 saturated heterocycles. The van der Waals surface area contributed by atoms with E-state index in [0.717, 1.165) is 44.7 Å². The molecule has 0 fully saturated rings.